The zero-order valence-corrected chi connectivity index (χ0v) is 25.9. The Morgan fingerprint density at radius 3 is 1.44 bits per heavy atom. The maximum Gasteiger partial charge on any atom is 0.387 e. The predicted molar refractivity (Wildman–Crippen MR) is 168 cm³/mol. The van der Waals surface area contributed by atoms with Crippen molar-refractivity contribution in [3.63, 3.8) is 0 Å². The van der Waals surface area contributed by atoms with Gasteiger partial charge in [-0.1, -0.05) is 17.8 Å². The second-order valence-electron chi connectivity index (χ2n) is 8.18. The molecule has 0 N–H and O–H groups in total. The van der Waals surface area contributed by atoms with Gasteiger partial charge in [0.15, 0.2) is 0 Å². The molecule has 0 aliphatic rings. The number of ether oxygens (including phenoxy) is 4. The third-order valence-electron chi connectivity index (χ3n) is 5.28. The van der Waals surface area contributed by atoms with Crippen LogP contribution in [0.1, 0.15) is 27.8 Å². The van der Waals surface area contributed by atoms with Crippen molar-refractivity contribution in [2.45, 2.75) is 13.2 Å². The Kier molecular flexibility index (Phi) is 15.1. The Balaban J connectivity index is 0.000000259. The summed E-state index contributed by atoms with van der Waals surface area (Å²) in [7, 11) is 3.01. The van der Waals surface area contributed by atoms with Crippen molar-refractivity contribution in [1.29, 1.82) is 10.5 Å². The smallest absolute Gasteiger partial charge is 0.387 e. The van der Waals surface area contributed by atoms with Crippen LogP contribution < -0.4 is 18.9 Å². The summed E-state index contributed by atoms with van der Waals surface area (Å²) in [6.45, 7) is -5.59. The van der Waals surface area contributed by atoms with Crippen molar-refractivity contribution in [2.24, 2.45) is 0 Å². The molecule has 6 nitrogen and oxygen atoms in total. The normalized spacial score (nSPS) is 9.38. The summed E-state index contributed by atoms with van der Waals surface area (Å²) < 4.78 is 66.6. The van der Waals surface area contributed by atoms with Crippen molar-refractivity contribution in [3.8, 4) is 59.3 Å². The van der Waals surface area contributed by atoms with Crippen LogP contribution >= 0.6 is 22.6 Å². The number of nitriles is 2. The van der Waals surface area contributed by atoms with Gasteiger partial charge in [0.05, 0.1) is 25.3 Å². The predicted octanol–water partition coefficient (Wildman–Crippen LogP) is 8.01. The van der Waals surface area contributed by atoms with E-state index in [1.165, 1.54) is 38.5 Å². The van der Waals surface area contributed by atoms with Gasteiger partial charge < -0.3 is 18.9 Å². The highest BCUT2D eigenvalue weighted by Gasteiger charge is 2.05. The van der Waals surface area contributed by atoms with Gasteiger partial charge in [-0.2, -0.15) is 28.1 Å². The zero-order chi connectivity index (χ0) is 33.2. The molecule has 0 fully saturated rings. The molecular formula is C34H23F4IN2O4. The van der Waals surface area contributed by atoms with Gasteiger partial charge in [-0.3, -0.25) is 0 Å². The monoisotopic (exact) mass is 726 g/mol. The maximum absolute atomic E-state index is 12.0. The van der Waals surface area contributed by atoms with E-state index in [1.807, 2.05) is 12.1 Å². The van der Waals surface area contributed by atoms with E-state index >= 15 is 0 Å². The summed E-state index contributed by atoms with van der Waals surface area (Å²) >= 11 is 2.09. The molecule has 4 rings (SSSR count). The molecule has 0 amide bonds. The molecule has 0 bridgehead atoms. The molecule has 0 spiro atoms. The minimum absolute atomic E-state index is 0.0803. The van der Waals surface area contributed by atoms with Crippen LogP contribution in [0.4, 0.5) is 17.6 Å². The van der Waals surface area contributed by atoms with Gasteiger partial charge >= 0.3 is 13.2 Å². The van der Waals surface area contributed by atoms with Crippen molar-refractivity contribution in [1.82, 2.24) is 0 Å². The first-order valence-corrected chi connectivity index (χ1v) is 13.6. The molecule has 4 aromatic rings. The molecule has 228 valence electrons. The number of terminal acetylenes is 1. The van der Waals surface area contributed by atoms with Crippen LogP contribution in [-0.2, 0) is 0 Å². The van der Waals surface area contributed by atoms with Gasteiger partial charge in [-0.05, 0) is 108 Å². The van der Waals surface area contributed by atoms with Gasteiger partial charge in [0.25, 0.3) is 0 Å². The minimum Gasteiger partial charge on any atom is -0.495 e. The summed E-state index contributed by atoms with van der Waals surface area (Å²) in [5, 5.41) is 17.7. The van der Waals surface area contributed by atoms with Crippen LogP contribution in [0, 0.1) is 50.4 Å². The Morgan fingerprint density at radius 1 is 0.622 bits per heavy atom. The maximum atomic E-state index is 12.0. The molecule has 0 aliphatic heterocycles. The molecule has 0 unspecified atom stereocenters. The zero-order valence-electron chi connectivity index (χ0n) is 23.7. The number of benzene rings is 4. The fourth-order valence-corrected chi connectivity index (χ4v) is 3.60. The van der Waals surface area contributed by atoms with E-state index in [0.717, 1.165) is 3.57 Å². The van der Waals surface area contributed by atoms with Crippen LogP contribution in [-0.4, -0.2) is 27.4 Å². The van der Waals surface area contributed by atoms with Gasteiger partial charge in [-0.15, -0.1) is 6.42 Å². The summed E-state index contributed by atoms with van der Waals surface area (Å²) in [6.07, 6.45) is 5.16. The largest absolute Gasteiger partial charge is 0.495 e. The fourth-order valence-electron chi connectivity index (χ4n) is 3.24. The quantitative estimate of drug-likeness (QED) is 0.114. The number of nitrogens with zero attached hydrogens (tertiary/aromatic N) is 2. The average Bonchev–Trinajstić information content (AvgIpc) is 3.05. The lowest BCUT2D eigenvalue weighted by Crippen LogP contribution is -2.01. The average molecular weight is 726 g/mol. The molecule has 0 aromatic heterocycles. The Morgan fingerprint density at radius 2 is 1.02 bits per heavy atom. The number of methoxy groups -OCH3 is 2. The first kappa shape index (κ1) is 35.8. The number of hydrogen-bond donors (Lipinski definition) is 0. The molecule has 0 aliphatic carbocycles. The lowest BCUT2D eigenvalue weighted by Gasteiger charge is -2.03. The molecule has 0 saturated heterocycles. The van der Waals surface area contributed by atoms with E-state index in [2.05, 4.69) is 49.8 Å². The highest BCUT2D eigenvalue weighted by atomic mass is 127. The second kappa shape index (κ2) is 19.0. The van der Waals surface area contributed by atoms with Crippen LogP contribution in [0.2, 0.25) is 0 Å². The SMILES string of the molecule is C#Cc1ccc(OC)c(C#N)c1.COc1ccc(C#Cc2ccc(OC(F)F)cc2)cc1C#N.FC(F)Oc1ccc(I)cc1. The number of rotatable bonds is 6. The summed E-state index contributed by atoms with van der Waals surface area (Å²) in [4.78, 5) is 0. The second-order valence-corrected chi connectivity index (χ2v) is 9.43. The van der Waals surface area contributed by atoms with Gasteiger partial charge in [0.2, 0.25) is 0 Å². The van der Waals surface area contributed by atoms with E-state index in [0.29, 0.717) is 39.3 Å². The van der Waals surface area contributed by atoms with E-state index in [9.17, 15) is 17.6 Å². The van der Waals surface area contributed by atoms with E-state index < -0.39 is 13.2 Å². The van der Waals surface area contributed by atoms with E-state index in [1.54, 1.807) is 60.7 Å². The van der Waals surface area contributed by atoms with Gasteiger partial charge in [0.1, 0.15) is 35.1 Å². The standard InChI is InChI=1S/C17H11F2NO2.C10H7NO.C7H5F2IO/c1-21-16-9-6-13(10-14(16)11-20)3-2-12-4-7-15(8-5-12)22-17(18)19;1-3-8-4-5-10(12-2)9(6-8)7-11;8-7(9)11-6-3-1-5(10)2-4-6/h4-10,17H,1H3;1,4-6H,2H3;1-4,7H. The molecular weight excluding hydrogens is 703 g/mol. The summed E-state index contributed by atoms with van der Waals surface area (Å²) in [5.74, 6) is 9.55. The van der Waals surface area contributed by atoms with Crippen molar-refractivity contribution in [3.05, 3.63) is 116 Å². The van der Waals surface area contributed by atoms with Crippen molar-refractivity contribution >= 4 is 22.6 Å². The lowest BCUT2D eigenvalue weighted by atomic mass is 10.1. The van der Waals surface area contributed by atoms with Crippen LogP contribution in [0.15, 0.2) is 84.9 Å². The fraction of sp³-hybridized carbons (Fsp3) is 0.118. The highest BCUT2D eigenvalue weighted by Crippen LogP contribution is 2.20. The van der Waals surface area contributed by atoms with Crippen LogP contribution in [0.25, 0.3) is 0 Å². The Hall–Kier alpha value is -5.37. The third kappa shape index (κ3) is 12.8. The molecule has 0 atom stereocenters. The van der Waals surface area contributed by atoms with Crippen molar-refractivity contribution < 1.29 is 36.5 Å². The van der Waals surface area contributed by atoms with Gasteiger partial charge in [0, 0.05) is 20.3 Å². The molecule has 45 heavy (non-hydrogen) atoms. The number of halogens is 5. The molecule has 0 radical (unpaired) electrons. The van der Waals surface area contributed by atoms with E-state index in [-0.39, 0.29) is 11.5 Å². The molecule has 4 aromatic carbocycles. The molecule has 0 saturated carbocycles. The first-order chi connectivity index (χ1) is 21.6. The first-order valence-electron chi connectivity index (χ1n) is 12.5. The minimum atomic E-state index is -2.85. The van der Waals surface area contributed by atoms with E-state index in [4.69, 9.17) is 26.4 Å². The third-order valence-corrected chi connectivity index (χ3v) is 6.00. The summed E-state index contributed by atoms with van der Waals surface area (Å²) in [6, 6.07) is 26.5. The molecule has 0 heterocycles. The lowest BCUT2D eigenvalue weighted by molar-refractivity contribution is -0.0505. The Labute approximate surface area is 271 Å². The van der Waals surface area contributed by atoms with Crippen LogP contribution in [0.5, 0.6) is 23.0 Å². The van der Waals surface area contributed by atoms with Crippen molar-refractivity contribution in [2.75, 3.05) is 14.2 Å². The topological polar surface area (TPSA) is 84.5 Å². The number of hydrogen-bond acceptors (Lipinski definition) is 6. The Bertz CT molecular complexity index is 1730. The highest BCUT2D eigenvalue weighted by molar-refractivity contribution is 14.1. The molecule has 11 heteroatoms. The van der Waals surface area contributed by atoms with Crippen LogP contribution in [0.3, 0.4) is 0 Å². The summed E-state index contributed by atoms with van der Waals surface area (Å²) in [5.41, 5.74) is 2.86. The number of alkyl halides is 4. The van der Waals surface area contributed by atoms with Gasteiger partial charge in [-0.25, -0.2) is 0 Å².